The normalized spacial score (nSPS) is 14.1. The minimum absolute atomic E-state index is 0.322. The molecule has 0 aromatic rings. The van der Waals surface area contributed by atoms with Gasteiger partial charge in [0.05, 0.1) is 0 Å². The second-order valence-electron chi connectivity index (χ2n) is 2.46. The first kappa shape index (κ1) is 10.0. The molecule has 1 unspecified atom stereocenters. The molecule has 0 aromatic carbocycles. The molecule has 1 nitrogen and oxygen atoms in total. The van der Waals surface area contributed by atoms with Crippen LogP contribution in [0, 0.1) is 0 Å². The van der Waals surface area contributed by atoms with Gasteiger partial charge in [0.2, 0.25) is 0 Å². The molecule has 0 bridgehead atoms. The van der Waals surface area contributed by atoms with Crippen molar-refractivity contribution in [2.45, 2.75) is 26.8 Å². The minimum atomic E-state index is 0.322. The Hall–Kier alpha value is -0.980. The summed E-state index contributed by atoms with van der Waals surface area (Å²) in [5.74, 6) is 0. The Morgan fingerprint density at radius 2 is 2.00 bits per heavy atom. The second kappa shape index (κ2) is 5.78. The molecule has 1 atom stereocenters. The highest BCUT2D eigenvalue weighted by atomic mass is 14.9. The van der Waals surface area contributed by atoms with Crippen LogP contribution in [0.4, 0.5) is 0 Å². The molecule has 0 rings (SSSR count). The summed E-state index contributed by atoms with van der Waals surface area (Å²) in [4.78, 5) is 0. The van der Waals surface area contributed by atoms with E-state index >= 15 is 0 Å². The maximum atomic E-state index is 3.91. The van der Waals surface area contributed by atoms with Crippen LogP contribution in [0.1, 0.15) is 20.8 Å². The predicted molar refractivity (Wildman–Crippen MR) is 51.4 cm³/mol. The number of allylic oxidation sites excluding steroid dienone is 2. The van der Waals surface area contributed by atoms with Crippen molar-refractivity contribution < 1.29 is 0 Å². The average Bonchev–Trinajstić information content (AvgIpc) is 2.00. The fourth-order valence-corrected chi connectivity index (χ4v) is 0.706. The van der Waals surface area contributed by atoms with Gasteiger partial charge in [0, 0.05) is 6.04 Å². The molecule has 0 spiro atoms. The summed E-state index contributed by atoms with van der Waals surface area (Å²) in [6.07, 6.45) is 7.91. The van der Waals surface area contributed by atoms with Gasteiger partial charge < -0.3 is 5.32 Å². The molecule has 0 heterocycles. The third kappa shape index (κ3) is 4.43. The number of rotatable bonds is 4. The lowest BCUT2D eigenvalue weighted by Crippen LogP contribution is -2.21. The quantitative estimate of drug-likeness (QED) is 0.609. The molecule has 0 amide bonds. The molecule has 11 heavy (non-hydrogen) atoms. The van der Waals surface area contributed by atoms with Crippen LogP contribution in [-0.4, -0.2) is 6.04 Å². The SMILES string of the molecule is C=C(/C=C\C)C(C)N/C=C\C. The molecular formula is C10H17N. The summed E-state index contributed by atoms with van der Waals surface area (Å²) in [5, 5.41) is 3.19. The van der Waals surface area contributed by atoms with E-state index < -0.39 is 0 Å². The summed E-state index contributed by atoms with van der Waals surface area (Å²) < 4.78 is 0. The van der Waals surface area contributed by atoms with Gasteiger partial charge in [-0.25, -0.2) is 0 Å². The van der Waals surface area contributed by atoms with Crippen LogP contribution in [0.2, 0.25) is 0 Å². The first-order valence-corrected chi connectivity index (χ1v) is 3.91. The van der Waals surface area contributed by atoms with Gasteiger partial charge in [-0.15, -0.1) is 0 Å². The van der Waals surface area contributed by atoms with Crippen molar-refractivity contribution >= 4 is 0 Å². The topological polar surface area (TPSA) is 12.0 Å². The molecule has 0 radical (unpaired) electrons. The van der Waals surface area contributed by atoms with Crippen LogP contribution in [-0.2, 0) is 0 Å². The van der Waals surface area contributed by atoms with Gasteiger partial charge in [0.1, 0.15) is 0 Å². The largest absolute Gasteiger partial charge is 0.385 e. The fraction of sp³-hybridized carbons (Fsp3) is 0.400. The fourth-order valence-electron chi connectivity index (χ4n) is 0.706. The molecule has 1 heteroatoms. The number of hydrogen-bond acceptors (Lipinski definition) is 1. The standard InChI is InChI=1S/C10H17N/c1-5-7-9(3)10(4)11-8-6-2/h5-8,10-11H,3H2,1-2,4H3/b7-5-,8-6-. The Morgan fingerprint density at radius 1 is 1.36 bits per heavy atom. The van der Waals surface area contributed by atoms with Crippen molar-refractivity contribution in [1.82, 2.24) is 5.32 Å². The summed E-state index contributed by atoms with van der Waals surface area (Å²) in [6.45, 7) is 9.98. The highest BCUT2D eigenvalue weighted by Gasteiger charge is 1.97. The molecule has 0 aromatic heterocycles. The van der Waals surface area contributed by atoms with E-state index in [1.807, 2.05) is 38.3 Å². The first-order valence-electron chi connectivity index (χ1n) is 3.91. The van der Waals surface area contributed by atoms with E-state index in [1.54, 1.807) is 0 Å². The van der Waals surface area contributed by atoms with Crippen molar-refractivity contribution in [2.75, 3.05) is 0 Å². The highest BCUT2D eigenvalue weighted by Crippen LogP contribution is 1.99. The lowest BCUT2D eigenvalue weighted by molar-refractivity contribution is 0.744. The monoisotopic (exact) mass is 151 g/mol. The third-order valence-electron chi connectivity index (χ3n) is 1.45. The van der Waals surface area contributed by atoms with Gasteiger partial charge in [0.25, 0.3) is 0 Å². The van der Waals surface area contributed by atoms with Crippen molar-refractivity contribution in [1.29, 1.82) is 0 Å². The van der Waals surface area contributed by atoms with Crippen LogP contribution >= 0.6 is 0 Å². The van der Waals surface area contributed by atoms with Gasteiger partial charge in [-0.1, -0.05) is 24.8 Å². The van der Waals surface area contributed by atoms with E-state index in [2.05, 4.69) is 18.8 Å². The molecular weight excluding hydrogens is 134 g/mol. The van der Waals surface area contributed by atoms with Gasteiger partial charge in [-0.3, -0.25) is 0 Å². The van der Waals surface area contributed by atoms with Crippen molar-refractivity contribution in [3.05, 3.63) is 36.6 Å². The second-order valence-corrected chi connectivity index (χ2v) is 2.46. The first-order chi connectivity index (χ1) is 5.22. The summed E-state index contributed by atoms with van der Waals surface area (Å²) in [5.41, 5.74) is 1.10. The van der Waals surface area contributed by atoms with Crippen LogP contribution in [0.5, 0.6) is 0 Å². The zero-order chi connectivity index (χ0) is 8.69. The van der Waals surface area contributed by atoms with Crippen LogP contribution in [0.15, 0.2) is 36.6 Å². The Kier molecular flexibility index (Phi) is 5.26. The third-order valence-corrected chi connectivity index (χ3v) is 1.45. The van der Waals surface area contributed by atoms with Crippen LogP contribution < -0.4 is 5.32 Å². The molecule has 0 aliphatic heterocycles. The predicted octanol–water partition coefficient (Wildman–Crippen LogP) is 2.63. The Morgan fingerprint density at radius 3 is 2.45 bits per heavy atom. The summed E-state index contributed by atoms with van der Waals surface area (Å²) in [6, 6.07) is 0.322. The summed E-state index contributed by atoms with van der Waals surface area (Å²) >= 11 is 0. The number of hydrogen-bond donors (Lipinski definition) is 1. The van der Waals surface area contributed by atoms with E-state index in [0.29, 0.717) is 6.04 Å². The molecule has 0 saturated carbocycles. The minimum Gasteiger partial charge on any atom is -0.385 e. The zero-order valence-electron chi connectivity index (χ0n) is 7.59. The van der Waals surface area contributed by atoms with E-state index in [1.165, 1.54) is 0 Å². The van der Waals surface area contributed by atoms with Crippen molar-refractivity contribution in [3.63, 3.8) is 0 Å². The molecule has 62 valence electrons. The average molecular weight is 151 g/mol. The lowest BCUT2D eigenvalue weighted by atomic mass is 10.1. The van der Waals surface area contributed by atoms with E-state index in [0.717, 1.165) is 5.57 Å². The maximum absolute atomic E-state index is 3.91. The number of nitrogens with one attached hydrogen (secondary N) is 1. The molecule has 0 fully saturated rings. The van der Waals surface area contributed by atoms with Gasteiger partial charge >= 0.3 is 0 Å². The smallest absolute Gasteiger partial charge is 0.0474 e. The van der Waals surface area contributed by atoms with E-state index in [-0.39, 0.29) is 0 Å². The molecule has 0 aliphatic rings. The Balaban J connectivity index is 3.82. The molecule has 0 saturated heterocycles. The molecule has 1 N–H and O–H groups in total. The van der Waals surface area contributed by atoms with Crippen LogP contribution in [0.25, 0.3) is 0 Å². The van der Waals surface area contributed by atoms with Crippen molar-refractivity contribution in [3.8, 4) is 0 Å². The molecule has 0 aliphatic carbocycles. The lowest BCUT2D eigenvalue weighted by Gasteiger charge is -2.10. The van der Waals surface area contributed by atoms with E-state index in [9.17, 15) is 0 Å². The van der Waals surface area contributed by atoms with Crippen molar-refractivity contribution in [2.24, 2.45) is 0 Å². The Labute approximate surface area is 69.5 Å². The maximum Gasteiger partial charge on any atom is 0.0474 e. The van der Waals surface area contributed by atoms with Gasteiger partial charge in [-0.2, -0.15) is 0 Å². The van der Waals surface area contributed by atoms with E-state index in [4.69, 9.17) is 0 Å². The Bertz CT molecular complexity index is 166. The van der Waals surface area contributed by atoms with Gasteiger partial charge in [0.15, 0.2) is 0 Å². The highest BCUT2D eigenvalue weighted by molar-refractivity contribution is 5.20. The van der Waals surface area contributed by atoms with Gasteiger partial charge in [-0.05, 0) is 32.5 Å². The summed E-state index contributed by atoms with van der Waals surface area (Å²) in [7, 11) is 0. The van der Waals surface area contributed by atoms with Crippen LogP contribution in [0.3, 0.4) is 0 Å². The zero-order valence-corrected chi connectivity index (χ0v) is 7.59.